The molecular formula is C16H25N3O4S. The molecule has 1 aromatic rings. The monoisotopic (exact) mass is 355 g/mol. The molecule has 1 heterocycles. The molecule has 0 unspecified atom stereocenters. The quantitative estimate of drug-likeness (QED) is 0.868. The van der Waals surface area contributed by atoms with Gasteiger partial charge in [-0.15, -0.1) is 0 Å². The molecule has 0 saturated carbocycles. The van der Waals surface area contributed by atoms with E-state index in [-0.39, 0.29) is 17.5 Å². The summed E-state index contributed by atoms with van der Waals surface area (Å²) in [6, 6.07) is 6.46. The molecule has 1 aliphatic rings. The second-order valence-corrected chi connectivity index (χ2v) is 7.53. The minimum atomic E-state index is -3.64. The summed E-state index contributed by atoms with van der Waals surface area (Å²) in [7, 11) is -2.19. The minimum Gasteiger partial charge on any atom is -0.495 e. The first-order valence-corrected chi connectivity index (χ1v) is 9.60. The lowest BCUT2D eigenvalue weighted by molar-refractivity contribution is 0.200. The van der Waals surface area contributed by atoms with Crippen LogP contribution in [0.3, 0.4) is 0 Å². The molecule has 0 atom stereocenters. The van der Waals surface area contributed by atoms with E-state index >= 15 is 0 Å². The Hall–Kier alpha value is -1.80. The molecule has 134 valence electrons. The first-order chi connectivity index (χ1) is 11.5. The number of sulfonamides is 1. The molecule has 1 fully saturated rings. The highest BCUT2D eigenvalue weighted by Crippen LogP contribution is 2.26. The lowest BCUT2D eigenvalue weighted by Gasteiger charge is -2.22. The average molecular weight is 355 g/mol. The second kappa shape index (κ2) is 8.34. The Kier molecular flexibility index (Phi) is 6.44. The number of urea groups is 1. The van der Waals surface area contributed by atoms with Gasteiger partial charge in [0.15, 0.2) is 0 Å². The van der Waals surface area contributed by atoms with Crippen molar-refractivity contribution in [3.8, 4) is 5.75 Å². The molecule has 2 amide bonds. The van der Waals surface area contributed by atoms with Crippen molar-refractivity contribution in [2.75, 3.05) is 39.8 Å². The second-order valence-electron chi connectivity index (χ2n) is 5.63. The fourth-order valence-corrected chi connectivity index (χ4v) is 4.28. The van der Waals surface area contributed by atoms with Gasteiger partial charge in [0.25, 0.3) is 0 Å². The van der Waals surface area contributed by atoms with Gasteiger partial charge in [0.1, 0.15) is 10.6 Å². The number of hydrogen-bond acceptors (Lipinski definition) is 4. The van der Waals surface area contributed by atoms with Crippen LogP contribution in [0.1, 0.15) is 19.8 Å². The smallest absolute Gasteiger partial charge is 0.317 e. The lowest BCUT2D eigenvalue weighted by atomic mass is 10.3. The Balaban J connectivity index is 2.11. The van der Waals surface area contributed by atoms with E-state index in [1.165, 1.54) is 11.4 Å². The molecule has 24 heavy (non-hydrogen) atoms. The van der Waals surface area contributed by atoms with Gasteiger partial charge in [0, 0.05) is 32.7 Å². The standard InChI is InChI=1S/C16H25N3O4S/c1-3-9-17-16(20)18-10-6-11-19(13-12-18)24(21,22)15-8-5-4-7-14(15)23-2/h4-5,7-8H,3,6,9-13H2,1-2H3,(H,17,20). The van der Waals surface area contributed by atoms with Crippen LogP contribution in [0, 0.1) is 0 Å². The van der Waals surface area contributed by atoms with Crippen LogP contribution in [0.4, 0.5) is 4.79 Å². The number of ether oxygens (including phenoxy) is 1. The Morgan fingerprint density at radius 2 is 1.96 bits per heavy atom. The number of amides is 2. The van der Waals surface area contributed by atoms with Gasteiger partial charge in [0.05, 0.1) is 7.11 Å². The number of nitrogens with zero attached hydrogens (tertiary/aromatic N) is 2. The van der Waals surface area contributed by atoms with Gasteiger partial charge in [-0.1, -0.05) is 19.1 Å². The van der Waals surface area contributed by atoms with Crippen LogP contribution in [-0.4, -0.2) is 63.5 Å². The largest absolute Gasteiger partial charge is 0.495 e. The van der Waals surface area contributed by atoms with Gasteiger partial charge in [-0.3, -0.25) is 0 Å². The van der Waals surface area contributed by atoms with E-state index in [1.807, 2.05) is 6.92 Å². The van der Waals surface area contributed by atoms with Crippen molar-refractivity contribution in [2.45, 2.75) is 24.7 Å². The van der Waals surface area contributed by atoms with Crippen molar-refractivity contribution in [3.63, 3.8) is 0 Å². The van der Waals surface area contributed by atoms with Gasteiger partial charge in [0.2, 0.25) is 10.0 Å². The maximum absolute atomic E-state index is 12.9. The highest BCUT2D eigenvalue weighted by Gasteiger charge is 2.30. The van der Waals surface area contributed by atoms with Crippen molar-refractivity contribution in [1.29, 1.82) is 0 Å². The molecule has 1 aromatic carbocycles. The number of carbonyl (C=O) groups is 1. The number of rotatable bonds is 5. The van der Waals surface area contributed by atoms with E-state index in [2.05, 4.69) is 5.32 Å². The summed E-state index contributed by atoms with van der Waals surface area (Å²) in [5.41, 5.74) is 0. The van der Waals surface area contributed by atoms with Crippen LogP contribution in [0.15, 0.2) is 29.2 Å². The molecule has 2 rings (SSSR count). The Morgan fingerprint density at radius 3 is 2.67 bits per heavy atom. The van der Waals surface area contributed by atoms with Crippen molar-refractivity contribution in [2.24, 2.45) is 0 Å². The molecule has 1 aliphatic heterocycles. The van der Waals surface area contributed by atoms with Crippen LogP contribution in [-0.2, 0) is 10.0 Å². The first-order valence-electron chi connectivity index (χ1n) is 8.16. The van der Waals surface area contributed by atoms with E-state index in [1.54, 1.807) is 29.2 Å². The highest BCUT2D eigenvalue weighted by atomic mass is 32.2. The molecule has 0 bridgehead atoms. The van der Waals surface area contributed by atoms with Crippen LogP contribution in [0.25, 0.3) is 0 Å². The summed E-state index contributed by atoms with van der Waals surface area (Å²) < 4.78 is 32.4. The van der Waals surface area contributed by atoms with Gasteiger partial charge < -0.3 is 15.0 Å². The highest BCUT2D eigenvalue weighted by molar-refractivity contribution is 7.89. The molecule has 1 N–H and O–H groups in total. The third-order valence-corrected chi connectivity index (χ3v) is 5.89. The van der Waals surface area contributed by atoms with Gasteiger partial charge in [-0.2, -0.15) is 4.31 Å². The fourth-order valence-electron chi connectivity index (χ4n) is 2.65. The van der Waals surface area contributed by atoms with Crippen LogP contribution < -0.4 is 10.1 Å². The molecule has 0 aromatic heterocycles. The SMILES string of the molecule is CCCNC(=O)N1CCCN(S(=O)(=O)c2ccccc2OC)CC1. The van der Waals surface area contributed by atoms with Crippen LogP contribution in [0.5, 0.6) is 5.75 Å². The topological polar surface area (TPSA) is 79.0 Å². The normalized spacial score (nSPS) is 16.5. The number of methoxy groups -OCH3 is 1. The minimum absolute atomic E-state index is 0.131. The molecule has 8 heteroatoms. The van der Waals surface area contributed by atoms with Crippen LogP contribution >= 0.6 is 0 Å². The summed E-state index contributed by atoms with van der Waals surface area (Å²) in [4.78, 5) is 13.9. The fraction of sp³-hybridized carbons (Fsp3) is 0.562. The maximum Gasteiger partial charge on any atom is 0.317 e. The zero-order chi connectivity index (χ0) is 17.6. The average Bonchev–Trinajstić information content (AvgIpc) is 2.86. The van der Waals surface area contributed by atoms with Crippen molar-refractivity contribution < 1.29 is 17.9 Å². The summed E-state index contributed by atoms with van der Waals surface area (Å²) in [5, 5.41) is 2.83. The maximum atomic E-state index is 12.9. The molecule has 0 spiro atoms. The number of carbonyl (C=O) groups excluding carboxylic acids is 1. The van der Waals surface area contributed by atoms with E-state index < -0.39 is 10.0 Å². The van der Waals surface area contributed by atoms with Gasteiger partial charge in [-0.05, 0) is 25.0 Å². The number of para-hydroxylation sites is 1. The summed E-state index contributed by atoms with van der Waals surface area (Å²) >= 11 is 0. The van der Waals surface area contributed by atoms with E-state index in [4.69, 9.17) is 4.74 Å². The predicted octanol–water partition coefficient (Wildman–Crippen LogP) is 1.51. The third-order valence-electron chi connectivity index (χ3n) is 3.96. The number of benzene rings is 1. The Bertz CT molecular complexity index is 663. The zero-order valence-corrected chi connectivity index (χ0v) is 15.0. The van der Waals surface area contributed by atoms with E-state index in [9.17, 15) is 13.2 Å². The van der Waals surface area contributed by atoms with Gasteiger partial charge in [-0.25, -0.2) is 13.2 Å². The third kappa shape index (κ3) is 4.18. The first kappa shape index (κ1) is 18.5. The molecule has 0 radical (unpaired) electrons. The van der Waals surface area contributed by atoms with E-state index in [0.29, 0.717) is 38.3 Å². The molecule has 1 saturated heterocycles. The van der Waals surface area contributed by atoms with Gasteiger partial charge >= 0.3 is 6.03 Å². The van der Waals surface area contributed by atoms with Crippen molar-refractivity contribution in [3.05, 3.63) is 24.3 Å². The lowest BCUT2D eigenvalue weighted by Crippen LogP contribution is -2.42. The number of nitrogens with one attached hydrogen (secondary N) is 1. The van der Waals surface area contributed by atoms with Crippen LogP contribution in [0.2, 0.25) is 0 Å². The van der Waals surface area contributed by atoms with E-state index in [0.717, 1.165) is 6.42 Å². The molecular weight excluding hydrogens is 330 g/mol. The predicted molar refractivity (Wildman–Crippen MR) is 91.6 cm³/mol. The zero-order valence-electron chi connectivity index (χ0n) is 14.2. The summed E-state index contributed by atoms with van der Waals surface area (Å²) in [6.07, 6.45) is 1.47. The Morgan fingerprint density at radius 1 is 1.21 bits per heavy atom. The summed E-state index contributed by atoms with van der Waals surface area (Å²) in [6.45, 7) is 4.21. The number of hydrogen-bond donors (Lipinski definition) is 1. The van der Waals surface area contributed by atoms with Crippen molar-refractivity contribution >= 4 is 16.1 Å². The van der Waals surface area contributed by atoms with Crippen molar-refractivity contribution in [1.82, 2.24) is 14.5 Å². The molecule has 0 aliphatic carbocycles. The molecule has 7 nitrogen and oxygen atoms in total. The Labute approximate surface area is 143 Å². The summed E-state index contributed by atoms with van der Waals surface area (Å²) in [5.74, 6) is 0.333.